The number of rotatable bonds is 2. The largest absolute Gasteiger partial charge is 0.445 e. The number of ether oxygens (including phenoxy) is 1. The van der Waals surface area contributed by atoms with E-state index in [4.69, 9.17) is 4.74 Å². The summed E-state index contributed by atoms with van der Waals surface area (Å²) < 4.78 is 5.41. The lowest BCUT2D eigenvalue weighted by Gasteiger charge is -2.47. The molecule has 1 spiro atoms. The lowest BCUT2D eigenvalue weighted by molar-refractivity contribution is -0.140. The Morgan fingerprint density at radius 1 is 1.30 bits per heavy atom. The van der Waals surface area contributed by atoms with E-state index in [0.717, 1.165) is 5.56 Å². The number of piperazine rings is 1. The van der Waals surface area contributed by atoms with Crippen LogP contribution in [-0.2, 0) is 16.1 Å². The van der Waals surface area contributed by atoms with Gasteiger partial charge in [-0.3, -0.25) is 9.69 Å². The van der Waals surface area contributed by atoms with Gasteiger partial charge in [-0.05, 0) is 31.2 Å². The van der Waals surface area contributed by atoms with Crippen LogP contribution in [0.1, 0.15) is 31.2 Å². The summed E-state index contributed by atoms with van der Waals surface area (Å²) in [5.74, 6) is -0.132. The number of aliphatic hydroxyl groups excluding tert-OH is 1. The standard InChI is InChI=1S/C17H22N2O4/c20-14-6-8-17(9-7-14)15(21)18-10-11-19(17)16(22)23-12-13-4-2-1-3-5-13/h1-5,14,20H,6-12H2,(H,18,21)/t14-,17+. The van der Waals surface area contributed by atoms with Crippen molar-refractivity contribution >= 4 is 12.0 Å². The van der Waals surface area contributed by atoms with Gasteiger partial charge in [-0.1, -0.05) is 30.3 Å². The van der Waals surface area contributed by atoms with E-state index >= 15 is 0 Å². The highest BCUT2D eigenvalue weighted by Gasteiger charge is 2.50. The molecule has 124 valence electrons. The molecule has 0 bridgehead atoms. The van der Waals surface area contributed by atoms with Crippen LogP contribution in [0.2, 0.25) is 0 Å². The molecule has 2 aliphatic rings. The second-order valence-corrected chi connectivity index (χ2v) is 6.21. The molecule has 3 rings (SSSR count). The predicted molar refractivity (Wildman–Crippen MR) is 83.5 cm³/mol. The second kappa shape index (κ2) is 6.58. The van der Waals surface area contributed by atoms with Crippen molar-refractivity contribution in [2.75, 3.05) is 13.1 Å². The van der Waals surface area contributed by atoms with Crippen LogP contribution in [0, 0.1) is 0 Å². The van der Waals surface area contributed by atoms with Crippen LogP contribution >= 0.6 is 0 Å². The first-order valence-corrected chi connectivity index (χ1v) is 8.06. The van der Waals surface area contributed by atoms with Crippen LogP contribution in [0.25, 0.3) is 0 Å². The zero-order chi connectivity index (χ0) is 16.3. The fourth-order valence-electron chi connectivity index (χ4n) is 3.42. The summed E-state index contributed by atoms with van der Waals surface area (Å²) in [4.78, 5) is 26.5. The number of hydrogen-bond donors (Lipinski definition) is 2. The number of carbonyl (C=O) groups excluding carboxylic acids is 2. The molecule has 0 unspecified atom stereocenters. The molecule has 0 atom stereocenters. The van der Waals surface area contributed by atoms with E-state index in [9.17, 15) is 14.7 Å². The molecule has 2 amide bonds. The Morgan fingerprint density at radius 2 is 2.00 bits per heavy atom. The summed E-state index contributed by atoms with van der Waals surface area (Å²) >= 11 is 0. The Morgan fingerprint density at radius 3 is 2.70 bits per heavy atom. The van der Waals surface area contributed by atoms with E-state index in [-0.39, 0.29) is 12.5 Å². The predicted octanol–water partition coefficient (Wildman–Crippen LogP) is 1.43. The van der Waals surface area contributed by atoms with Crippen LogP contribution in [0.5, 0.6) is 0 Å². The fraction of sp³-hybridized carbons (Fsp3) is 0.529. The monoisotopic (exact) mass is 318 g/mol. The van der Waals surface area contributed by atoms with Crippen molar-refractivity contribution in [1.29, 1.82) is 0 Å². The summed E-state index contributed by atoms with van der Waals surface area (Å²) in [6, 6.07) is 9.47. The van der Waals surface area contributed by atoms with Gasteiger partial charge in [0.2, 0.25) is 5.91 Å². The Hall–Kier alpha value is -2.08. The lowest BCUT2D eigenvalue weighted by atomic mass is 9.77. The van der Waals surface area contributed by atoms with Crippen molar-refractivity contribution < 1.29 is 19.4 Å². The molecule has 1 aliphatic carbocycles. The summed E-state index contributed by atoms with van der Waals surface area (Å²) in [6.07, 6.45) is 1.14. The van der Waals surface area contributed by atoms with E-state index in [1.54, 1.807) is 4.90 Å². The van der Waals surface area contributed by atoms with Crippen molar-refractivity contribution in [3.05, 3.63) is 35.9 Å². The summed E-state index contributed by atoms with van der Waals surface area (Å²) in [7, 11) is 0. The average molecular weight is 318 g/mol. The SMILES string of the molecule is O=C(OCc1ccccc1)N1CCNC(=O)[C@]12CC[C@H](O)CC2. The van der Waals surface area contributed by atoms with E-state index in [1.165, 1.54) is 0 Å². The van der Waals surface area contributed by atoms with Crippen LogP contribution in [-0.4, -0.2) is 46.7 Å². The minimum absolute atomic E-state index is 0.132. The lowest BCUT2D eigenvalue weighted by Crippen LogP contribution is -2.67. The Bertz CT molecular complexity index is 567. The van der Waals surface area contributed by atoms with Gasteiger partial charge in [-0.2, -0.15) is 0 Å². The van der Waals surface area contributed by atoms with Gasteiger partial charge < -0.3 is 15.2 Å². The molecule has 0 aromatic heterocycles. The molecule has 2 N–H and O–H groups in total. The van der Waals surface area contributed by atoms with Gasteiger partial charge >= 0.3 is 6.09 Å². The number of aliphatic hydroxyl groups is 1. The molecule has 1 saturated carbocycles. The number of benzene rings is 1. The number of hydrogen-bond acceptors (Lipinski definition) is 4. The normalized spacial score (nSPS) is 27.6. The van der Waals surface area contributed by atoms with E-state index in [0.29, 0.717) is 38.8 Å². The van der Waals surface area contributed by atoms with Gasteiger partial charge in [0.25, 0.3) is 0 Å². The van der Waals surface area contributed by atoms with Gasteiger partial charge in [0, 0.05) is 13.1 Å². The first-order valence-electron chi connectivity index (χ1n) is 8.06. The molecular weight excluding hydrogens is 296 g/mol. The fourth-order valence-corrected chi connectivity index (χ4v) is 3.42. The molecule has 1 aliphatic heterocycles. The molecular formula is C17H22N2O4. The van der Waals surface area contributed by atoms with Gasteiger partial charge in [0.15, 0.2) is 0 Å². The maximum Gasteiger partial charge on any atom is 0.411 e. The second-order valence-electron chi connectivity index (χ2n) is 6.21. The third kappa shape index (κ3) is 3.17. The smallest absolute Gasteiger partial charge is 0.411 e. The number of nitrogens with zero attached hydrogens (tertiary/aromatic N) is 1. The first-order chi connectivity index (χ1) is 11.1. The van der Waals surface area contributed by atoms with E-state index < -0.39 is 17.7 Å². The first kappa shape index (κ1) is 15.8. The Labute approximate surface area is 135 Å². The highest BCUT2D eigenvalue weighted by molar-refractivity contribution is 5.91. The number of carbonyl (C=O) groups is 2. The minimum Gasteiger partial charge on any atom is -0.445 e. The van der Waals surface area contributed by atoms with Crippen LogP contribution in [0.3, 0.4) is 0 Å². The molecule has 1 heterocycles. The number of nitrogens with one attached hydrogen (secondary N) is 1. The molecule has 0 radical (unpaired) electrons. The van der Waals surface area contributed by atoms with Crippen molar-refractivity contribution in [3.63, 3.8) is 0 Å². The molecule has 2 fully saturated rings. The van der Waals surface area contributed by atoms with E-state index in [2.05, 4.69) is 5.32 Å². The maximum atomic E-state index is 12.5. The Kier molecular flexibility index (Phi) is 4.52. The molecule has 6 nitrogen and oxygen atoms in total. The molecule has 1 aromatic rings. The zero-order valence-corrected chi connectivity index (χ0v) is 13.0. The Balaban J connectivity index is 1.70. The van der Waals surface area contributed by atoms with Crippen LogP contribution < -0.4 is 5.32 Å². The third-order valence-corrected chi connectivity index (χ3v) is 4.77. The third-order valence-electron chi connectivity index (χ3n) is 4.77. The van der Waals surface area contributed by atoms with Gasteiger partial charge in [-0.15, -0.1) is 0 Å². The topological polar surface area (TPSA) is 78.9 Å². The highest BCUT2D eigenvalue weighted by Crippen LogP contribution is 2.36. The van der Waals surface area contributed by atoms with Crippen molar-refractivity contribution in [1.82, 2.24) is 10.2 Å². The molecule has 1 saturated heterocycles. The summed E-state index contributed by atoms with van der Waals surface area (Å²) in [5.41, 5.74) is 0.0426. The zero-order valence-electron chi connectivity index (χ0n) is 13.0. The van der Waals surface area contributed by atoms with Gasteiger partial charge in [0.1, 0.15) is 12.1 Å². The van der Waals surface area contributed by atoms with Crippen LogP contribution in [0.15, 0.2) is 30.3 Å². The summed E-state index contributed by atoms with van der Waals surface area (Å²) in [5, 5.41) is 12.6. The quantitative estimate of drug-likeness (QED) is 0.864. The minimum atomic E-state index is -0.870. The van der Waals surface area contributed by atoms with Crippen molar-refractivity contribution in [3.8, 4) is 0 Å². The summed E-state index contributed by atoms with van der Waals surface area (Å²) in [6.45, 7) is 1.07. The average Bonchev–Trinajstić information content (AvgIpc) is 2.58. The van der Waals surface area contributed by atoms with Crippen molar-refractivity contribution in [2.24, 2.45) is 0 Å². The molecule has 6 heteroatoms. The van der Waals surface area contributed by atoms with Crippen LogP contribution in [0.4, 0.5) is 4.79 Å². The van der Waals surface area contributed by atoms with E-state index in [1.807, 2.05) is 30.3 Å². The molecule has 1 aromatic carbocycles. The van der Waals surface area contributed by atoms with Gasteiger partial charge in [-0.25, -0.2) is 4.79 Å². The number of amides is 2. The van der Waals surface area contributed by atoms with Crippen molar-refractivity contribution in [2.45, 2.75) is 43.9 Å². The van der Waals surface area contributed by atoms with Gasteiger partial charge in [0.05, 0.1) is 6.10 Å². The maximum absolute atomic E-state index is 12.5. The highest BCUT2D eigenvalue weighted by atomic mass is 16.6. The molecule has 23 heavy (non-hydrogen) atoms.